The van der Waals surface area contributed by atoms with Gasteiger partial charge in [-0.25, -0.2) is 4.39 Å². The van der Waals surface area contributed by atoms with Crippen LogP contribution in [0.5, 0.6) is 17.2 Å². The summed E-state index contributed by atoms with van der Waals surface area (Å²) in [7, 11) is 0. The molecule has 1 atom stereocenters. The number of nitrogens with one attached hydrogen (secondary N) is 1. The molecule has 0 radical (unpaired) electrons. The van der Waals surface area contributed by atoms with E-state index < -0.39 is 11.2 Å². The Kier molecular flexibility index (Phi) is 2.00. The molecule has 1 amide bonds. The zero-order valence-corrected chi connectivity index (χ0v) is 11.3. The van der Waals surface area contributed by atoms with Crippen LogP contribution in [0.15, 0.2) is 30.3 Å². The smallest absolute Gasteiger partial charge is 0.243 e. The first kappa shape index (κ1) is 11.9. The Bertz CT molecular complexity index is 850. The van der Waals surface area contributed by atoms with Crippen LogP contribution in [-0.2, 0) is 10.2 Å². The van der Waals surface area contributed by atoms with Crippen LogP contribution in [0.3, 0.4) is 0 Å². The summed E-state index contributed by atoms with van der Waals surface area (Å²) in [4.78, 5) is 12.6. The van der Waals surface area contributed by atoms with E-state index >= 15 is 0 Å². The predicted molar refractivity (Wildman–Crippen MR) is 73.9 cm³/mol. The molecule has 1 unspecified atom stereocenters. The van der Waals surface area contributed by atoms with Crippen molar-refractivity contribution in [3.8, 4) is 17.2 Å². The van der Waals surface area contributed by atoms with Crippen molar-refractivity contribution in [1.82, 2.24) is 0 Å². The summed E-state index contributed by atoms with van der Waals surface area (Å²) >= 11 is 0. The van der Waals surface area contributed by atoms with Gasteiger partial charge in [0.2, 0.25) is 12.7 Å². The van der Waals surface area contributed by atoms with Crippen LogP contribution in [0.2, 0.25) is 0 Å². The van der Waals surface area contributed by atoms with Gasteiger partial charge in [0.05, 0.1) is 5.69 Å². The van der Waals surface area contributed by atoms with Gasteiger partial charge >= 0.3 is 0 Å². The molecule has 0 fully saturated rings. The SMILES string of the molecule is O=C1Nc2c(F)cccc2C12COc1cc3c(cc12)OCO3. The molecular weight excluding hydrogens is 289 g/mol. The minimum atomic E-state index is -1.03. The summed E-state index contributed by atoms with van der Waals surface area (Å²) < 4.78 is 30.4. The molecule has 3 aliphatic rings. The molecular formula is C16H10FNO4. The average molecular weight is 299 g/mol. The van der Waals surface area contributed by atoms with Gasteiger partial charge in [0.25, 0.3) is 0 Å². The van der Waals surface area contributed by atoms with Gasteiger partial charge in [0.15, 0.2) is 11.5 Å². The molecule has 0 aromatic heterocycles. The number of fused-ring (bicyclic) bond motifs is 5. The van der Waals surface area contributed by atoms with Crippen molar-refractivity contribution < 1.29 is 23.4 Å². The Morgan fingerprint density at radius 1 is 1.05 bits per heavy atom. The number of hydrogen-bond donors (Lipinski definition) is 1. The maximum atomic E-state index is 14.0. The lowest BCUT2D eigenvalue weighted by Crippen LogP contribution is -2.37. The number of rotatable bonds is 0. The quantitative estimate of drug-likeness (QED) is 0.810. The second-order valence-electron chi connectivity index (χ2n) is 5.51. The van der Waals surface area contributed by atoms with Gasteiger partial charge in [0.1, 0.15) is 23.6 Å². The van der Waals surface area contributed by atoms with Crippen molar-refractivity contribution in [2.24, 2.45) is 0 Å². The first-order valence-electron chi connectivity index (χ1n) is 6.87. The molecule has 5 nitrogen and oxygen atoms in total. The Balaban J connectivity index is 1.79. The fourth-order valence-corrected chi connectivity index (χ4v) is 3.40. The number of carbonyl (C=O) groups is 1. The van der Waals surface area contributed by atoms with Gasteiger partial charge in [0, 0.05) is 17.2 Å². The van der Waals surface area contributed by atoms with Crippen LogP contribution in [-0.4, -0.2) is 19.3 Å². The molecule has 1 spiro atoms. The monoisotopic (exact) mass is 299 g/mol. The first-order chi connectivity index (χ1) is 10.7. The minimum Gasteiger partial charge on any atom is -0.491 e. The second-order valence-corrected chi connectivity index (χ2v) is 5.51. The van der Waals surface area contributed by atoms with E-state index in [1.54, 1.807) is 24.3 Å². The number of para-hydroxylation sites is 1. The van der Waals surface area contributed by atoms with Crippen molar-refractivity contribution in [3.05, 3.63) is 47.3 Å². The zero-order chi connectivity index (χ0) is 14.9. The molecule has 2 aromatic rings. The average Bonchev–Trinajstić information content (AvgIpc) is 3.18. The van der Waals surface area contributed by atoms with Crippen LogP contribution >= 0.6 is 0 Å². The van der Waals surface area contributed by atoms with Crippen LogP contribution < -0.4 is 19.5 Å². The van der Waals surface area contributed by atoms with Crippen molar-refractivity contribution in [2.45, 2.75) is 5.41 Å². The van der Waals surface area contributed by atoms with Crippen molar-refractivity contribution in [2.75, 3.05) is 18.7 Å². The van der Waals surface area contributed by atoms with Crippen molar-refractivity contribution >= 4 is 11.6 Å². The van der Waals surface area contributed by atoms with Gasteiger partial charge in [-0.15, -0.1) is 0 Å². The number of benzene rings is 2. The Morgan fingerprint density at radius 2 is 1.86 bits per heavy atom. The van der Waals surface area contributed by atoms with Crippen LogP contribution in [0.4, 0.5) is 10.1 Å². The number of halogens is 1. The van der Waals surface area contributed by atoms with Crippen molar-refractivity contribution in [3.63, 3.8) is 0 Å². The Hall–Kier alpha value is -2.76. The third-order valence-corrected chi connectivity index (χ3v) is 4.48. The standard InChI is InChI=1S/C16H10FNO4/c17-10-3-1-2-8-14(10)18-15(19)16(8)6-20-11-5-13-12(4-9(11)16)21-7-22-13/h1-5H,6-7H2,(H,18,19). The highest BCUT2D eigenvalue weighted by Crippen LogP contribution is 2.53. The number of ether oxygens (including phenoxy) is 3. The summed E-state index contributed by atoms with van der Waals surface area (Å²) in [6.45, 7) is 0.274. The van der Waals surface area contributed by atoms with Crippen LogP contribution in [0.1, 0.15) is 11.1 Å². The molecule has 6 heteroatoms. The number of hydrogen-bond acceptors (Lipinski definition) is 4. The van der Waals surface area contributed by atoms with Gasteiger partial charge in [-0.2, -0.15) is 0 Å². The fraction of sp³-hybridized carbons (Fsp3) is 0.188. The Labute approximate surface area is 124 Å². The summed E-state index contributed by atoms with van der Waals surface area (Å²) in [6.07, 6.45) is 0. The highest BCUT2D eigenvalue weighted by molar-refractivity contribution is 6.10. The van der Waals surface area contributed by atoms with E-state index in [-0.39, 0.29) is 25.0 Å². The van der Waals surface area contributed by atoms with Crippen LogP contribution in [0.25, 0.3) is 0 Å². The zero-order valence-electron chi connectivity index (χ0n) is 11.3. The molecule has 3 heterocycles. The largest absolute Gasteiger partial charge is 0.491 e. The third-order valence-electron chi connectivity index (χ3n) is 4.48. The number of amides is 1. The molecule has 2 aromatic carbocycles. The van der Waals surface area contributed by atoms with E-state index in [0.29, 0.717) is 28.4 Å². The number of anilines is 1. The Morgan fingerprint density at radius 3 is 2.73 bits per heavy atom. The molecule has 0 bridgehead atoms. The van der Waals surface area contributed by atoms with E-state index in [4.69, 9.17) is 14.2 Å². The van der Waals surface area contributed by atoms with Gasteiger partial charge in [-0.05, 0) is 12.1 Å². The van der Waals surface area contributed by atoms with E-state index in [1.165, 1.54) is 6.07 Å². The lowest BCUT2D eigenvalue weighted by atomic mass is 9.77. The topological polar surface area (TPSA) is 56.8 Å². The first-order valence-corrected chi connectivity index (χ1v) is 6.87. The van der Waals surface area contributed by atoms with E-state index in [1.807, 2.05) is 0 Å². The summed E-state index contributed by atoms with van der Waals surface area (Å²) in [5.41, 5.74) is 0.462. The maximum absolute atomic E-state index is 14.0. The van der Waals surface area contributed by atoms with Crippen LogP contribution in [0, 0.1) is 5.82 Å². The van der Waals surface area contributed by atoms with E-state index in [0.717, 1.165) is 0 Å². The molecule has 1 N–H and O–H groups in total. The van der Waals surface area contributed by atoms with Crippen molar-refractivity contribution in [1.29, 1.82) is 0 Å². The molecule has 0 aliphatic carbocycles. The summed E-state index contributed by atoms with van der Waals surface area (Å²) in [5, 5.41) is 2.64. The maximum Gasteiger partial charge on any atom is 0.243 e. The predicted octanol–water partition coefficient (Wildman–Crippen LogP) is 2.18. The molecule has 22 heavy (non-hydrogen) atoms. The summed E-state index contributed by atoms with van der Waals surface area (Å²) in [5.74, 6) is 0.994. The highest BCUT2D eigenvalue weighted by Gasteiger charge is 2.55. The summed E-state index contributed by atoms with van der Waals surface area (Å²) in [6, 6.07) is 8.15. The second kappa shape index (κ2) is 3.71. The normalized spacial score (nSPS) is 23.2. The fourth-order valence-electron chi connectivity index (χ4n) is 3.40. The molecule has 3 aliphatic heterocycles. The van der Waals surface area contributed by atoms with E-state index in [2.05, 4.69) is 5.32 Å². The molecule has 5 rings (SSSR count). The molecule has 110 valence electrons. The minimum absolute atomic E-state index is 0.132. The van der Waals surface area contributed by atoms with Gasteiger partial charge < -0.3 is 19.5 Å². The lowest BCUT2D eigenvalue weighted by Gasteiger charge is -2.20. The lowest BCUT2D eigenvalue weighted by molar-refractivity contribution is -0.119. The highest BCUT2D eigenvalue weighted by atomic mass is 19.1. The third kappa shape index (κ3) is 1.21. The number of carbonyl (C=O) groups excluding carboxylic acids is 1. The van der Waals surface area contributed by atoms with Gasteiger partial charge in [-0.3, -0.25) is 4.79 Å². The molecule has 0 saturated carbocycles. The molecule has 0 saturated heterocycles. The van der Waals surface area contributed by atoms with Gasteiger partial charge in [-0.1, -0.05) is 12.1 Å². The van der Waals surface area contributed by atoms with E-state index in [9.17, 15) is 9.18 Å².